The van der Waals surface area contributed by atoms with E-state index in [-0.39, 0.29) is 0 Å². The molecule has 0 aliphatic heterocycles. The van der Waals surface area contributed by atoms with Crippen LogP contribution >= 0.6 is 0 Å². The van der Waals surface area contributed by atoms with Gasteiger partial charge in [0.2, 0.25) is 0 Å². The zero-order valence-electron chi connectivity index (χ0n) is 26.0. The normalized spacial score (nSPS) is 11.6. The van der Waals surface area contributed by atoms with E-state index in [4.69, 9.17) is 4.12 Å². The Morgan fingerprint density at radius 3 is 0.718 bits per heavy atom. The molecular weight excluding hydrogens is 505 g/mol. The van der Waals surface area contributed by atoms with Crippen LogP contribution in [-0.2, 0) is 4.12 Å². The first-order valence-electron chi connectivity index (χ1n) is 14.1. The predicted octanol–water partition coefficient (Wildman–Crippen LogP) is 6.32. The van der Waals surface area contributed by atoms with Crippen molar-refractivity contribution in [1.82, 2.24) is 0 Å². The van der Waals surface area contributed by atoms with Gasteiger partial charge in [-0.1, -0.05) is 48.5 Å². The van der Waals surface area contributed by atoms with E-state index in [0.29, 0.717) is 0 Å². The van der Waals surface area contributed by atoms with Gasteiger partial charge in [0.05, 0.1) is 0 Å². The molecule has 0 unspecified atom stereocenters. The van der Waals surface area contributed by atoms with Gasteiger partial charge >= 0.3 is 0 Å². The van der Waals surface area contributed by atoms with Crippen molar-refractivity contribution in [2.45, 2.75) is 83.1 Å². The van der Waals surface area contributed by atoms with Gasteiger partial charge in [0.1, 0.15) is 0 Å². The summed E-state index contributed by atoms with van der Waals surface area (Å²) in [4.78, 5) is 0. The summed E-state index contributed by atoms with van der Waals surface area (Å²) in [5, 5.41) is 5.50. The van der Waals surface area contributed by atoms with E-state index in [1.807, 2.05) is 0 Å². The highest BCUT2D eigenvalue weighted by atomic mass is 28.4. The molecule has 0 amide bonds. The highest BCUT2D eigenvalue weighted by Crippen LogP contribution is 2.18. The van der Waals surface area contributed by atoms with Crippen LogP contribution in [0.25, 0.3) is 0 Å². The fraction of sp³-hybridized carbons (Fsp3) is 0.333. The van der Waals surface area contributed by atoms with Gasteiger partial charge < -0.3 is 4.12 Å². The summed E-state index contributed by atoms with van der Waals surface area (Å²) in [5.41, 5.74) is 16.4. The Labute approximate surface area is 240 Å². The molecule has 0 N–H and O–H groups in total. The van der Waals surface area contributed by atoms with Crippen molar-refractivity contribution in [2.75, 3.05) is 0 Å². The van der Waals surface area contributed by atoms with Crippen LogP contribution in [0.4, 0.5) is 0 Å². The van der Waals surface area contributed by atoms with E-state index in [0.717, 1.165) is 0 Å². The number of benzene rings is 4. The summed E-state index contributed by atoms with van der Waals surface area (Å²) in [7, 11) is -3.13. The second-order valence-corrected chi connectivity index (χ2v) is 15.8. The largest absolute Gasteiger partial charge is 0.442 e. The molecule has 4 aromatic rings. The first kappa shape index (κ1) is 29.3. The molecule has 0 aliphatic carbocycles. The van der Waals surface area contributed by atoms with Gasteiger partial charge in [-0.15, -0.1) is 0 Å². The van der Waals surface area contributed by atoms with Crippen molar-refractivity contribution >= 4 is 38.8 Å². The Kier molecular flexibility index (Phi) is 8.56. The van der Waals surface area contributed by atoms with Crippen molar-refractivity contribution in [2.24, 2.45) is 0 Å². The lowest BCUT2D eigenvalue weighted by atomic mass is 10.0. The number of rotatable bonds is 6. The Balaban J connectivity index is 2.03. The van der Waals surface area contributed by atoms with Gasteiger partial charge in [-0.25, -0.2) is 0 Å². The van der Waals surface area contributed by atoms with Crippen LogP contribution in [0.2, 0.25) is 0 Å². The summed E-state index contributed by atoms with van der Waals surface area (Å²) in [6.45, 7) is 27.0. The summed E-state index contributed by atoms with van der Waals surface area (Å²) in [5.74, 6) is 0. The van der Waals surface area contributed by atoms with Crippen molar-refractivity contribution in [3.8, 4) is 0 Å². The fourth-order valence-electron chi connectivity index (χ4n) is 5.42. The molecule has 0 aromatic heterocycles. The van der Waals surface area contributed by atoms with E-state index < -0.39 is 18.1 Å². The molecule has 2 radical (unpaired) electrons. The second kappa shape index (κ2) is 11.4. The summed E-state index contributed by atoms with van der Waals surface area (Å²) < 4.78 is 7.70. The van der Waals surface area contributed by atoms with E-state index >= 15 is 0 Å². The molecule has 0 heterocycles. The maximum atomic E-state index is 7.70. The highest BCUT2D eigenvalue weighted by molar-refractivity contribution is 6.92. The number of hydrogen-bond donors (Lipinski definition) is 0. The molecule has 0 bridgehead atoms. The van der Waals surface area contributed by atoms with Crippen molar-refractivity contribution in [3.05, 3.63) is 115 Å². The van der Waals surface area contributed by atoms with Gasteiger partial charge in [-0.2, -0.15) is 0 Å². The van der Waals surface area contributed by atoms with Crippen LogP contribution < -0.4 is 20.7 Å². The average Bonchev–Trinajstić information content (AvgIpc) is 2.91. The Morgan fingerprint density at radius 2 is 0.513 bits per heavy atom. The van der Waals surface area contributed by atoms with Crippen LogP contribution in [-0.4, -0.2) is 18.1 Å². The smallest absolute Gasteiger partial charge is 0.273 e. The first-order valence-corrected chi connectivity index (χ1v) is 16.9. The van der Waals surface area contributed by atoms with Crippen LogP contribution in [0.15, 0.2) is 48.5 Å². The molecule has 39 heavy (non-hydrogen) atoms. The molecule has 4 aromatic carbocycles. The van der Waals surface area contributed by atoms with Crippen LogP contribution in [0.3, 0.4) is 0 Å². The summed E-state index contributed by atoms with van der Waals surface area (Å²) in [6, 6.07) is 18.5. The zero-order chi connectivity index (χ0) is 28.8. The van der Waals surface area contributed by atoms with E-state index in [1.165, 1.54) is 87.5 Å². The molecule has 0 atom stereocenters. The van der Waals surface area contributed by atoms with Gasteiger partial charge in [-0.05, 0) is 171 Å². The Bertz CT molecular complexity index is 1330. The van der Waals surface area contributed by atoms with Crippen molar-refractivity contribution in [1.29, 1.82) is 0 Å². The molecule has 0 fully saturated rings. The second-order valence-electron chi connectivity index (χ2n) is 11.5. The molecular formula is C36H44OSi2. The van der Waals surface area contributed by atoms with Gasteiger partial charge in [0.15, 0.2) is 0 Å². The zero-order valence-corrected chi connectivity index (χ0v) is 28.0. The molecule has 0 saturated heterocycles. The maximum Gasteiger partial charge on any atom is 0.273 e. The predicted molar refractivity (Wildman–Crippen MR) is 174 cm³/mol. The molecule has 0 spiro atoms. The molecule has 202 valence electrons. The molecule has 3 heteroatoms. The third-order valence-electron chi connectivity index (χ3n) is 9.41. The SMILES string of the molecule is Cc1ccc([Si](O[Si](c2ccc(C)c(C)c2C)c2ccc(C)c(C)c2C)c2ccc(C)c(C)c2C)c(C)c1C. The standard InChI is InChI=1S/C36H44OSi2/c1-21-13-17-33(29(9)25(21)5)38(34-18-14-22(2)26(6)30(34)10)37-39(35-19-15-23(3)27(7)31(35)11)36-20-16-24(4)28(8)32(36)12/h13-20H,1-12H3. The van der Waals surface area contributed by atoms with E-state index in [9.17, 15) is 0 Å². The molecule has 1 nitrogen and oxygen atoms in total. The monoisotopic (exact) mass is 548 g/mol. The minimum absolute atomic E-state index is 1.34. The highest BCUT2D eigenvalue weighted by Gasteiger charge is 2.33. The number of aryl methyl sites for hydroxylation is 4. The molecule has 4 rings (SSSR count). The quantitative estimate of drug-likeness (QED) is 0.256. The van der Waals surface area contributed by atoms with E-state index in [1.54, 1.807) is 0 Å². The summed E-state index contributed by atoms with van der Waals surface area (Å²) in [6.07, 6.45) is 0. The van der Waals surface area contributed by atoms with Gasteiger partial charge in [0, 0.05) is 0 Å². The number of hydrogen-bond acceptors (Lipinski definition) is 1. The Morgan fingerprint density at radius 1 is 0.308 bits per heavy atom. The first-order chi connectivity index (χ1) is 18.3. The summed E-state index contributed by atoms with van der Waals surface area (Å²) >= 11 is 0. The van der Waals surface area contributed by atoms with Crippen molar-refractivity contribution in [3.63, 3.8) is 0 Å². The van der Waals surface area contributed by atoms with Crippen LogP contribution in [0, 0.1) is 83.1 Å². The average molecular weight is 549 g/mol. The van der Waals surface area contributed by atoms with Gasteiger partial charge in [-0.3, -0.25) is 0 Å². The minimum Gasteiger partial charge on any atom is -0.442 e. The lowest BCUT2D eigenvalue weighted by molar-refractivity contribution is 0.632. The maximum absolute atomic E-state index is 7.70. The fourth-order valence-corrected chi connectivity index (χ4v) is 11.6. The molecule has 0 saturated carbocycles. The lowest BCUT2D eigenvalue weighted by Gasteiger charge is -2.29. The molecule has 0 aliphatic rings. The van der Waals surface area contributed by atoms with Crippen LogP contribution in [0.5, 0.6) is 0 Å². The topological polar surface area (TPSA) is 9.23 Å². The van der Waals surface area contributed by atoms with Gasteiger partial charge in [0.25, 0.3) is 18.1 Å². The lowest BCUT2D eigenvalue weighted by Crippen LogP contribution is -2.58. The third-order valence-corrected chi connectivity index (χ3v) is 15.2. The van der Waals surface area contributed by atoms with E-state index in [2.05, 4.69) is 132 Å². The van der Waals surface area contributed by atoms with Crippen molar-refractivity contribution < 1.29 is 4.12 Å². The Hall–Kier alpha value is -2.73. The third kappa shape index (κ3) is 5.37. The minimum atomic E-state index is -1.56. The van der Waals surface area contributed by atoms with Crippen LogP contribution in [0.1, 0.15) is 66.8 Å².